The monoisotopic (exact) mass is 422 g/mol. The predicted octanol–water partition coefficient (Wildman–Crippen LogP) is 6.00. The Morgan fingerprint density at radius 3 is 2.60 bits per heavy atom. The molecule has 0 heterocycles. The van der Waals surface area contributed by atoms with Crippen LogP contribution in [0.2, 0.25) is 0 Å². The van der Waals surface area contributed by atoms with Crippen LogP contribution in [-0.2, 0) is 32.6 Å². The van der Waals surface area contributed by atoms with E-state index in [-0.39, 0.29) is 26.2 Å². The minimum Gasteiger partial charge on any atom is -0.253 e. The Labute approximate surface area is 176 Å². The van der Waals surface area contributed by atoms with Crippen molar-refractivity contribution in [2.45, 2.75) is 25.7 Å². The quantitative estimate of drug-likeness (QED) is 0.269. The summed E-state index contributed by atoms with van der Waals surface area (Å²) in [6, 6.07) is 18.1. The molecule has 0 radical (unpaired) electrons. The third kappa shape index (κ3) is 6.15. The van der Waals surface area contributed by atoms with Crippen LogP contribution in [0.4, 0.5) is 0 Å². The molecule has 2 heteroatoms. The summed E-state index contributed by atoms with van der Waals surface area (Å²) in [6.07, 6.45) is 17.7. The van der Waals surface area contributed by atoms with Gasteiger partial charge >= 0.3 is 26.2 Å². The molecule has 0 fully saturated rings. The zero-order valence-corrected chi connectivity index (χ0v) is 17.7. The molecule has 0 bridgehead atoms. The Morgan fingerprint density at radius 1 is 1.12 bits per heavy atom. The van der Waals surface area contributed by atoms with E-state index < -0.39 is 0 Å². The number of benzene rings is 2. The number of rotatable bonds is 2. The molecule has 0 N–H and O–H groups in total. The van der Waals surface area contributed by atoms with Gasteiger partial charge in [0.05, 0.1) is 0 Å². The van der Waals surface area contributed by atoms with E-state index in [0.717, 1.165) is 25.7 Å². The second-order valence-corrected chi connectivity index (χ2v) is 5.45. The Balaban J connectivity index is 0.000000232. The molecule has 4 rings (SSSR count). The third-order valence-electron chi connectivity index (χ3n) is 3.96. The Kier molecular flexibility index (Phi) is 10.5. The molecule has 0 saturated heterocycles. The van der Waals surface area contributed by atoms with Crippen LogP contribution >= 0.6 is 11.6 Å². The van der Waals surface area contributed by atoms with Crippen molar-refractivity contribution in [1.29, 1.82) is 0 Å². The summed E-state index contributed by atoms with van der Waals surface area (Å²) in [5.74, 6) is 2.61. The molecule has 0 atom stereocenters. The number of hydrogen-bond acceptors (Lipinski definition) is 0. The van der Waals surface area contributed by atoms with Crippen LogP contribution in [0, 0.1) is 24.5 Å². The van der Waals surface area contributed by atoms with Gasteiger partial charge in [-0.1, -0.05) is 41.8 Å². The molecule has 0 spiro atoms. The molecule has 0 nitrogen and oxygen atoms in total. The molecule has 0 aliphatic heterocycles. The van der Waals surface area contributed by atoms with Crippen molar-refractivity contribution in [2.24, 2.45) is 0 Å². The summed E-state index contributed by atoms with van der Waals surface area (Å²) in [4.78, 5) is 0. The Hall–Kier alpha value is -1.35. The summed E-state index contributed by atoms with van der Waals surface area (Å²) in [6.45, 7) is 0. The number of hydrogen-bond donors (Lipinski definition) is 0. The van der Waals surface area contributed by atoms with Crippen molar-refractivity contribution in [3.63, 3.8) is 0 Å². The molecule has 0 amide bonds. The maximum Gasteiger partial charge on any atom is 2.00 e. The molecule has 2 aliphatic carbocycles. The van der Waals surface area contributed by atoms with Crippen molar-refractivity contribution in [3.8, 4) is 23.5 Å². The molecule has 0 unspecified atom stereocenters. The van der Waals surface area contributed by atoms with E-state index in [4.69, 9.17) is 6.42 Å². The molecule has 2 aromatic rings. The number of terminal acetylenes is 1. The van der Waals surface area contributed by atoms with Crippen LogP contribution in [0.3, 0.4) is 0 Å². The van der Waals surface area contributed by atoms with Crippen molar-refractivity contribution < 1.29 is 26.2 Å². The minimum absolute atomic E-state index is 0. The van der Waals surface area contributed by atoms with Crippen molar-refractivity contribution >= 4 is 11.6 Å². The first-order chi connectivity index (χ1) is 11.9. The van der Waals surface area contributed by atoms with Gasteiger partial charge in [-0.05, 0) is 12.8 Å². The van der Waals surface area contributed by atoms with E-state index in [2.05, 4.69) is 72.1 Å². The van der Waals surface area contributed by atoms with Crippen LogP contribution in [-0.4, -0.2) is 6.38 Å². The van der Waals surface area contributed by atoms with E-state index in [1.165, 1.54) is 34.2 Å². The second kappa shape index (κ2) is 12.1. The fraction of sp³-hybridized carbons (Fsp3) is 0.217. The fourth-order valence-electron chi connectivity index (χ4n) is 2.83. The first-order valence-corrected chi connectivity index (χ1v) is 8.79. The minimum atomic E-state index is 0. The van der Waals surface area contributed by atoms with Crippen LogP contribution in [0.5, 0.6) is 0 Å². The summed E-state index contributed by atoms with van der Waals surface area (Å²) < 4.78 is 0. The van der Waals surface area contributed by atoms with Crippen molar-refractivity contribution in [1.82, 2.24) is 0 Å². The van der Waals surface area contributed by atoms with Crippen LogP contribution in [0.25, 0.3) is 11.1 Å². The van der Waals surface area contributed by atoms with E-state index in [1.54, 1.807) is 0 Å². The summed E-state index contributed by atoms with van der Waals surface area (Å²) in [7, 11) is 0. The smallest absolute Gasteiger partial charge is 0.253 e. The average Bonchev–Trinajstić information content (AvgIpc) is 3.29. The zero-order valence-electron chi connectivity index (χ0n) is 14.5. The maximum absolute atomic E-state index is 5.10. The van der Waals surface area contributed by atoms with Gasteiger partial charge in [0.1, 0.15) is 0 Å². The normalized spacial score (nSPS) is 12.1. The van der Waals surface area contributed by atoms with E-state index in [9.17, 15) is 0 Å². The summed E-state index contributed by atoms with van der Waals surface area (Å²) >= 11 is 4.64. The van der Waals surface area contributed by atoms with E-state index in [0.29, 0.717) is 0 Å². The maximum atomic E-state index is 5.10. The van der Waals surface area contributed by atoms with Crippen LogP contribution in [0.15, 0.2) is 60.2 Å². The Morgan fingerprint density at radius 2 is 1.88 bits per heavy atom. The van der Waals surface area contributed by atoms with Gasteiger partial charge in [-0.25, -0.2) is 12.2 Å². The SMILES string of the molecule is C#CCCC1=[C-]C=CC1.CCl.[Zr+2].[c-]1cccc2c1Cc1ccccc1-2. The van der Waals surface area contributed by atoms with E-state index >= 15 is 0 Å². The predicted molar refractivity (Wildman–Crippen MR) is 104 cm³/mol. The van der Waals surface area contributed by atoms with Gasteiger partial charge in [0.25, 0.3) is 0 Å². The molecule has 0 aromatic heterocycles. The topological polar surface area (TPSA) is 0 Å². The number of alkyl halides is 1. The first kappa shape index (κ1) is 21.7. The molecular weight excluding hydrogens is 403 g/mol. The summed E-state index contributed by atoms with van der Waals surface area (Å²) in [5, 5.41) is 0. The van der Waals surface area contributed by atoms with Gasteiger partial charge in [0.2, 0.25) is 0 Å². The fourth-order valence-corrected chi connectivity index (χ4v) is 2.83. The van der Waals surface area contributed by atoms with Gasteiger partial charge in [0.15, 0.2) is 0 Å². The van der Waals surface area contributed by atoms with Gasteiger partial charge in [-0.15, -0.1) is 29.5 Å². The molecule has 2 aromatic carbocycles. The zero-order chi connectivity index (χ0) is 17.2. The molecular formula is C23H21ClZr. The first-order valence-electron chi connectivity index (χ1n) is 8.04. The number of halogens is 1. The van der Waals surface area contributed by atoms with Gasteiger partial charge in [-0.3, -0.25) is 6.08 Å². The third-order valence-corrected chi connectivity index (χ3v) is 3.96. The van der Waals surface area contributed by atoms with Crippen molar-refractivity contribution in [3.05, 3.63) is 83.5 Å². The molecule has 25 heavy (non-hydrogen) atoms. The van der Waals surface area contributed by atoms with Gasteiger partial charge in [0, 0.05) is 12.8 Å². The number of allylic oxidation sites excluding steroid dienone is 4. The molecule has 2 aliphatic rings. The number of fused-ring (bicyclic) bond motifs is 3. The standard InChI is InChI=1S/C13H9.C9H9.CH3Cl.Zr/c1-3-7-12-10(5-1)9-11-6-2-4-8-13(11)12;1-2-3-6-9-7-4-5-8-9;1-2;/h1-5,7-8H,9H2;1,4-5H,3,6-7H2;1H3;/q2*-1;;+2. The molecule has 0 saturated carbocycles. The van der Waals surface area contributed by atoms with Crippen molar-refractivity contribution in [2.75, 3.05) is 6.38 Å². The second-order valence-electron chi connectivity index (χ2n) is 5.45. The largest absolute Gasteiger partial charge is 2.00 e. The summed E-state index contributed by atoms with van der Waals surface area (Å²) in [5.41, 5.74) is 6.85. The average molecular weight is 424 g/mol. The van der Waals surface area contributed by atoms with Gasteiger partial charge in [-0.2, -0.15) is 35.4 Å². The van der Waals surface area contributed by atoms with E-state index in [1.807, 2.05) is 12.1 Å². The van der Waals surface area contributed by atoms with Crippen LogP contribution < -0.4 is 0 Å². The van der Waals surface area contributed by atoms with Crippen LogP contribution in [0.1, 0.15) is 30.4 Å². The Bertz CT molecular complexity index is 722. The molecule has 124 valence electrons. The van der Waals surface area contributed by atoms with Gasteiger partial charge < -0.3 is 0 Å².